The molecule has 2 rings (SSSR count). The van der Waals surface area contributed by atoms with Gasteiger partial charge in [0.1, 0.15) is 0 Å². The fraction of sp³-hybridized carbons (Fsp3) is 0.312. The molecule has 1 aromatic carbocycles. The van der Waals surface area contributed by atoms with Gasteiger partial charge in [-0.05, 0) is 12.0 Å². The van der Waals surface area contributed by atoms with Crippen molar-refractivity contribution in [3.8, 4) is 0 Å². The van der Waals surface area contributed by atoms with E-state index in [0.29, 0.717) is 19.4 Å². The summed E-state index contributed by atoms with van der Waals surface area (Å²) >= 11 is 0. The maximum Gasteiger partial charge on any atom is 0.223 e. The van der Waals surface area contributed by atoms with E-state index in [-0.39, 0.29) is 11.9 Å². The molecule has 1 heterocycles. The molecule has 0 saturated carbocycles. The van der Waals surface area contributed by atoms with Crippen LogP contribution in [0, 0.1) is 0 Å². The second-order valence-corrected chi connectivity index (χ2v) is 4.70. The SMILES string of the molecule is C=CCN1C(=O)CC[C@@H]1[C@@H](O)/C=C/c1ccccc1. The first-order valence-corrected chi connectivity index (χ1v) is 6.54. The van der Waals surface area contributed by atoms with E-state index in [2.05, 4.69) is 6.58 Å². The van der Waals surface area contributed by atoms with Gasteiger partial charge in [-0.3, -0.25) is 4.79 Å². The van der Waals surface area contributed by atoms with Crippen molar-refractivity contribution in [1.82, 2.24) is 4.90 Å². The van der Waals surface area contributed by atoms with Gasteiger partial charge in [-0.25, -0.2) is 0 Å². The Kier molecular flexibility index (Phi) is 4.53. The standard InChI is InChI=1S/C16H19NO2/c1-2-12-17-14(9-11-16(17)19)15(18)10-8-13-6-4-3-5-7-13/h2-8,10,14-15,18H,1,9,11-12H2/b10-8+/t14-,15+/m1/s1. The number of hydrogen-bond acceptors (Lipinski definition) is 2. The van der Waals surface area contributed by atoms with Crippen LogP contribution in [0.4, 0.5) is 0 Å². The normalized spacial score (nSPS) is 21.0. The van der Waals surface area contributed by atoms with Crippen molar-refractivity contribution < 1.29 is 9.90 Å². The second-order valence-electron chi connectivity index (χ2n) is 4.70. The number of carbonyl (C=O) groups is 1. The minimum atomic E-state index is -0.633. The lowest BCUT2D eigenvalue weighted by molar-refractivity contribution is -0.129. The van der Waals surface area contributed by atoms with Gasteiger partial charge in [-0.15, -0.1) is 6.58 Å². The van der Waals surface area contributed by atoms with Crippen LogP contribution in [0.5, 0.6) is 0 Å². The molecule has 0 spiro atoms. The maximum atomic E-state index is 11.7. The lowest BCUT2D eigenvalue weighted by Crippen LogP contribution is -2.40. The van der Waals surface area contributed by atoms with Crippen LogP contribution in [0.2, 0.25) is 0 Å². The van der Waals surface area contributed by atoms with Gasteiger partial charge in [0.05, 0.1) is 12.1 Å². The first kappa shape index (κ1) is 13.6. The first-order valence-electron chi connectivity index (χ1n) is 6.54. The average Bonchev–Trinajstić information content (AvgIpc) is 2.80. The molecule has 1 aliphatic heterocycles. The molecule has 0 radical (unpaired) electrons. The zero-order valence-corrected chi connectivity index (χ0v) is 10.9. The molecular formula is C16H19NO2. The van der Waals surface area contributed by atoms with Crippen LogP contribution in [0.3, 0.4) is 0 Å². The van der Waals surface area contributed by atoms with Crippen LogP contribution in [-0.2, 0) is 4.79 Å². The highest BCUT2D eigenvalue weighted by Crippen LogP contribution is 2.22. The van der Waals surface area contributed by atoms with Crippen LogP contribution in [0.25, 0.3) is 6.08 Å². The van der Waals surface area contributed by atoms with E-state index in [1.807, 2.05) is 36.4 Å². The molecule has 0 unspecified atom stereocenters. The van der Waals surface area contributed by atoms with Crippen molar-refractivity contribution in [3.63, 3.8) is 0 Å². The van der Waals surface area contributed by atoms with Crippen molar-refractivity contribution in [3.05, 3.63) is 54.6 Å². The Balaban J connectivity index is 2.03. The van der Waals surface area contributed by atoms with Gasteiger partial charge in [0.15, 0.2) is 0 Å². The van der Waals surface area contributed by atoms with Gasteiger partial charge in [0, 0.05) is 13.0 Å². The minimum Gasteiger partial charge on any atom is -0.387 e. The summed E-state index contributed by atoms with van der Waals surface area (Å²) in [6.07, 6.45) is 5.92. The van der Waals surface area contributed by atoms with E-state index in [1.165, 1.54) is 0 Å². The van der Waals surface area contributed by atoms with Crippen LogP contribution < -0.4 is 0 Å². The third kappa shape index (κ3) is 3.32. The number of benzene rings is 1. The van der Waals surface area contributed by atoms with E-state index >= 15 is 0 Å². The highest BCUT2D eigenvalue weighted by Gasteiger charge is 2.33. The molecule has 1 N–H and O–H groups in total. The molecule has 0 aliphatic carbocycles. The van der Waals surface area contributed by atoms with E-state index in [1.54, 1.807) is 17.1 Å². The van der Waals surface area contributed by atoms with Crippen molar-refractivity contribution in [2.45, 2.75) is 25.0 Å². The van der Waals surface area contributed by atoms with Gasteiger partial charge >= 0.3 is 0 Å². The first-order chi connectivity index (χ1) is 9.22. The summed E-state index contributed by atoms with van der Waals surface area (Å²) in [5, 5.41) is 10.2. The molecule has 1 aromatic rings. The molecule has 0 bridgehead atoms. The number of likely N-dealkylation sites (tertiary alicyclic amines) is 1. The Hall–Kier alpha value is -1.87. The predicted molar refractivity (Wildman–Crippen MR) is 76.4 cm³/mol. The zero-order valence-electron chi connectivity index (χ0n) is 10.9. The molecular weight excluding hydrogens is 238 g/mol. The number of hydrogen-bond donors (Lipinski definition) is 1. The Morgan fingerprint density at radius 2 is 2.16 bits per heavy atom. The largest absolute Gasteiger partial charge is 0.387 e. The van der Waals surface area contributed by atoms with Gasteiger partial charge in [0.2, 0.25) is 5.91 Å². The number of carbonyl (C=O) groups excluding carboxylic acids is 1. The third-order valence-corrected chi connectivity index (χ3v) is 3.38. The number of rotatable bonds is 5. The number of amides is 1. The minimum absolute atomic E-state index is 0.0945. The maximum absolute atomic E-state index is 11.7. The lowest BCUT2D eigenvalue weighted by atomic mass is 10.1. The highest BCUT2D eigenvalue weighted by atomic mass is 16.3. The molecule has 1 aliphatic rings. The zero-order chi connectivity index (χ0) is 13.7. The summed E-state index contributed by atoms with van der Waals surface area (Å²) in [7, 11) is 0. The summed E-state index contributed by atoms with van der Waals surface area (Å²) < 4.78 is 0. The summed E-state index contributed by atoms with van der Waals surface area (Å²) in [5.41, 5.74) is 1.04. The van der Waals surface area contributed by atoms with Gasteiger partial charge in [-0.1, -0.05) is 48.6 Å². The number of nitrogens with zero attached hydrogens (tertiary/aromatic N) is 1. The molecule has 1 amide bonds. The smallest absolute Gasteiger partial charge is 0.223 e. The third-order valence-electron chi connectivity index (χ3n) is 3.38. The van der Waals surface area contributed by atoms with Gasteiger partial charge in [0.25, 0.3) is 0 Å². The number of aliphatic hydroxyl groups excluding tert-OH is 1. The Morgan fingerprint density at radius 3 is 2.84 bits per heavy atom. The summed E-state index contributed by atoms with van der Waals surface area (Å²) in [5.74, 6) is 0.0945. The summed E-state index contributed by atoms with van der Waals surface area (Å²) in [6.45, 7) is 4.15. The van der Waals surface area contributed by atoms with E-state index < -0.39 is 6.10 Å². The van der Waals surface area contributed by atoms with Crippen molar-refractivity contribution in [1.29, 1.82) is 0 Å². The lowest BCUT2D eigenvalue weighted by Gasteiger charge is -2.26. The molecule has 0 aromatic heterocycles. The number of aliphatic hydroxyl groups is 1. The van der Waals surface area contributed by atoms with Crippen LogP contribution >= 0.6 is 0 Å². The van der Waals surface area contributed by atoms with E-state index in [4.69, 9.17) is 0 Å². The van der Waals surface area contributed by atoms with Crippen LogP contribution in [0.15, 0.2) is 49.1 Å². The highest BCUT2D eigenvalue weighted by molar-refractivity contribution is 5.79. The Morgan fingerprint density at radius 1 is 1.42 bits per heavy atom. The molecule has 2 atom stereocenters. The predicted octanol–water partition coefficient (Wildman–Crippen LogP) is 2.24. The van der Waals surface area contributed by atoms with Crippen LogP contribution in [-0.4, -0.2) is 34.6 Å². The van der Waals surface area contributed by atoms with Crippen molar-refractivity contribution >= 4 is 12.0 Å². The van der Waals surface area contributed by atoms with Gasteiger partial charge < -0.3 is 10.0 Å². The van der Waals surface area contributed by atoms with Crippen molar-refractivity contribution in [2.24, 2.45) is 0 Å². The fourth-order valence-electron chi connectivity index (χ4n) is 2.39. The quantitative estimate of drug-likeness (QED) is 0.822. The van der Waals surface area contributed by atoms with Gasteiger partial charge in [-0.2, -0.15) is 0 Å². The van der Waals surface area contributed by atoms with Crippen molar-refractivity contribution in [2.75, 3.05) is 6.54 Å². The Bertz CT molecular complexity index is 467. The summed E-state index contributed by atoms with van der Waals surface area (Å²) in [4.78, 5) is 13.4. The molecule has 3 nitrogen and oxygen atoms in total. The topological polar surface area (TPSA) is 40.5 Å². The molecule has 100 valence electrons. The van der Waals surface area contributed by atoms with E-state index in [9.17, 15) is 9.90 Å². The average molecular weight is 257 g/mol. The molecule has 3 heteroatoms. The molecule has 1 saturated heterocycles. The second kappa shape index (κ2) is 6.34. The summed E-state index contributed by atoms with van der Waals surface area (Å²) in [6, 6.07) is 9.68. The molecule has 19 heavy (non-hydrogen) atoms. The van der Waals surface area contributed by atoms with Crippen LogP contribution in [0.1, 0.15) is 18.4 Å². The van der Waals surface area contributed by atoms with E-state index in [0.717, 1.165) is 5.56 Å². The monoisotopic (exact) mass is 257 g/mol. The fourth-order valence-corrected chi connectivity index (χ4v) is 2.39. The molecule has 1 fully saturated rings. The Labute approximate surface area is 113 Å².